The van der Waals surface area contributed by atoms with Gasteiger partial charge in [-0.3, -0.25) is 0 Å². The number of hydrogen-bond donors (Lipinski definition) is 1. The summed E-state index contributed by atoms with van der Waals surface area (Å²) in [6.45, 7) is 8.93. The molecule has 0 saturated carbocycles. The standard InChI is InChI=1S/C17H22FNO2/c1-11(2)19-9-14-7-16(21-13(14)4)10-20-15-6-5-12(3)17(18)8-15/h5-8,11,19H,9-10H2,1-4H3. The Morgan fingerprint density at radius 1 is 1.24 bits per heavy atom. The molecule has 2 rings (SSSR count). The van der Waals surface area contributed by atoms with Crippen LogP contribution in [-0.2, 0) is 13.2 Å². The van der Waals surface area contributed by atoms with Gasteiger partial charge in [-0.05, 0) is 31.5 Å². The van der Waals surface area contributed by atoms with Gasteiger partial charge in [0, 0.05) is 24.2 Å². The van der Waals surface area contributed by atoms with Gasteiger partial charge in [-0.25, -0.2) is 4.39 Å². The van der Waals surface area contributed by atoms with E-state index in [0.717, 1.165) is 23.6 Å². The Morgan fingerprint density at radius 2 is 2.00 bits per heavy atom. The number of hydrogen-bond acceptors (Lipinski definition) is 3. The molecule has 1 N–H and O–H groups in total. The molecule has 0 saturated heterocycles. The lowest BCUT2D eigenvalue weighted by atomic mass is 10.2. The van der Waals surface area contributed by atoms with Crippen LogP contribution in [-0.4, -0.2) is 6.04 Å². The summed E-state index contributed by atoms with van der Waals surface area (Å²) < 4.78 is 24.7. The molecule has 1 heterocycles. The van der Waals surface area contributed by atoms with E-state index in [2.05, 4.69) is 19.2 Å². The van der Waals surface area contributed by atoms with Gasteiger partial charge in [-0.15, -0.1) is 0 Å². The molecular formula is C17H22FNO2. The third-order valence-corrected chi connectivity index (χ3v) is 3.30. The van der Waals surface area contributed by atoms with Crippen LogP contribution in [0, 0.1) is 19.7 Å². The lowest BCUT2D eigenvalue weighted by Crippen LogP contribution is -2.21. The van der Waals surface area contributed by atoms with E-state index in [0.29, 0.717) is 24.0 Å². The Bertz CT molecular complexity index is 605. The third kappa shape index (κ3) is 4.33. The highest BCUT2D eigenvalue weighted by molar-refractivity contribution is 5.28. The molecule has 0 amide bonds. The number of halogens is 1. The van der Waals surface area contributed by atoms with Crippen molar-refractivity contribution in [2.75, 3.05) is 0 Å². The molecule has 3 nitrogen and oxygen atoms in total. The molecule has 21 heavy (non-hydrogen) atoms. The molecule has 0 aliphatic heterocycles. The Labute approximate surface area is 125 Å². The van der Waals surface area contributed by atoms with Gasteiger partial charge in [0.15, 0.2) is 0 Å². The molecule has 4 heteroatoms. The van der Waals surface area contributed by atoms with E-state index in [-0.39, 0.29) is 5.82 Å². The first-order valence-electron chi connectivity index (χ1n) is 7.16. The highest BCUT2D eigenvalue weighted by Crippen LogP contribution is 2.19. The van der Waals surface area contributed by atoms with Gasteiger partial charge >= 0.3 is 0 Å². The fourth-order valence-electron chi connectivity index (χ4n) is 1.97. The van der Waals surface area contributed by atoms with E-state index in [9.17, 15) is 4.39 Å². The van der Waals surface area contributed by atoms with Crippen LogP contribution in [0.4, 0.5) is 4.39 Å². The predicted octanol–water partition coefficient (Wildman–Crippen LogP) is 4.11. The minimum Gasteiger partial charge on any atom is -0.486 e. The number of rotatable bonds is 6. The van der Waals surface area contributed by atoms with Crippen molar-refractivity contribution in [1.29, 1.82) is 0 Å². The molecule has 0 atom stereocenters. The fourth-order valence-corrected chi connectivity index (χ4v) is 1.97. The van der Waals surface area contributed by atoms with Crippen LogP contribution in [0.1, 0.15) is 36.5 Å². The normalized spacial score (nSPS) is 11.1. The fraction of sp³-hybridized carbons (Fsp3) is 0.412. The van der Waals surface area contributed by atoms with Gasteiger partial charge in [0.1, 0.15) is 29.7 Å². The average molecular weight is 291 g/mol. The second kappa shape index (κ2) is 6.76. The van der Waals surface area contributed by atoms with E-state index in [1.165, 1.54) is 6.07 Å². The van der Waals surface area contributed by atoms with E-state index >= 15 is 0 Å². The summed E-state index contributed by atoms with van der Waals surface area (Å²) in [5.41, 5.74) is 1.73. The molecule has 0 fully saturated rings. The van der Waals surface area contributed by atoms with Crippen molar-refractivity contribution >= 4 is 0 Å². The number of nitrogens with one attached hydrogen (secondary N) is 1. The molecule has 1 aromatic heterocycles. The number of ether oxygens (including phenoxy) is 1. The highest BCUT2D eigenvalue weighted by Gasteiger charge is 2.09. The van der Waals surface area contributed by atoms with Gasteiger partial charge in [0.25, 0.3) is 0 Å². The van der Waals surface area contributed by atoms with E-state index in [1.807, 2.05) is 13.0 Å². The van der Waals surface area contributed by atoms with Gasteiger partial charge in [0.05, 0.1) is 0 Å². The van der Waals surface area contributed by atoms with Crippen molar-refractivity contribution in [2.45, 2.75) is 46.9 Å². The van der Waals surface area contributed by atoms with Crippen LogP contribution in [0.15, 0.2) is 28.7 Å². The summed E-state index contributed by atoms with van der Waals surface area (Å²) in [5, 5.41) is 3.35. The minimum absolute atomic E-state index is 0.259. The lowest BCUT2D eigenvalue weighted by molar-refractivity contribution is 0.266. The Hall–Kier alpha value is -1.81. The maximum Gasteiger partial charge on any atom is 0.146 e. The van der Waals surface area contributed by atoms with Crippen molar-refractivity contribution in [3.8, 4) is 5.75 Å². The molecule has 0 unspecified atom stereocenters. The van der Waals surface area contributed by atoms with E-state index < -0.39 is 0 Å². The summed E-state index contributed by atoms with van der Waals surface area (Å²) in [5.74, 6) is 1.88. The first-order chi connectivity index (χ1) is 9.95. The second-order valence-corrected chi connectivity index (χ2v) is 5.53. The van der Waals surface area contributed by atoms with Gasteiger partial charge in [-0.2, -0.15) is 0 Å². The smallest absolute Gasteiger partial charge is 0.146 e. The first kappa shape index (κ1) is 15.6. The lowest BCUT2D eigenvalue weighted by Gasteiger charge is -2.06. The molecule has 0 radical (unpaired) electrons. The zero-order valence-corrected chi connectivity index (χ0v) is 13.0. The van der Waals surface area contributed by atoms with Crippen molar-refractivity contribution in [1.82, 2.24) is 5.32 Å². The van der Waals surface area contributed by atoms with Crippen molar-refractivity contribution < 1.29 is 13.5 Å². The van der Waals surface area contributed by atoms with Crippen LogP contribution in [0.3, 0.4) is 0 Å². The zero-order valence-electron chi connectivity index (χ0n) is 13.0. The number of aryl methyl sites for hydroxylation is 2. The first-order valence-corrected chi connectivity index (χ1v) is 7.16. The van der Waals surface area contributed by atoms with E-state index in [4.69, 9.17) is 9.15 Å². The molecule has 0 bridgehead atoms. The number of furan rings is 1. The molecular weight excluding hydrogens is 269 g/mol. The summed E-state index contributed by atoms with van der Waals surface area (Å²) in [6.07, 6.45) is 0. The second-order valence-electron chi connectivity index (χ2n) is 5.53. The van der Waals surface area contributed by atoms with Crippen LogP contribution >= 0.6 is 0 Å². The summed E-state index contributed by atoms with van der Waals surface area (Å²) in [4.78, 5) is 0. The number of benzene rings is 1. The van der Waals surface area contributed by atoms with Gasteiger partial charge in [0.2, 0.25) is 0 Å². The molecule has 0 aliphatic carbocycles. The topological polar surface area (TPSA) is 34.4 Å². The van der Waals surface area contributed by atoms with Crippen molar-refractivity contribution in [3.63, 3.8) is 0 Å². The molecule has 114 valence electrons. The maximum atomic E-state index is 13.4. The summed E-state index contributed by atoms with van der Waals surface area (Å²) in [6, 6.07) is 7.27. The van der Waals surface area contributed by atoms with Crippen LogP contribution in [0.5, 0.6) is 5.75 Å². The van der Waals surface area contributed by atoms with Crippen molar-refractivity contribution in [3.05, 3.63) is 52.7 Å². The minimum atomic E-state index is -0.259. The largest absolute Gasteiger partial charge is 0.486 e. The monoisotopic (exact) mass is 291 g/mol. The SMILES string of the molecule is Cc1ccc(OCc2cc(CNC(C)C)c(C)o2)cc1F. The van der Waals surface area contributed by atoms with Crippen LogP contribution in [0.25, 0.3) is 0 Å². The van der Waals surface area contributed by atoms with Gasteiger partial charge < -0.3 is 14.5 Å². The quantitative estimate of drug-likeness (QED) is 0.869. The predicted molar refractivity (Wildman–Crippen MR) is 80.9 cm³/mol. The zero-order chi connectivity index (χ0) is 15.4. The third-order valence-electron chi connectivity index (χ3n) is 3.30. The van der Waals surface area contributed by atoms with E-state index in [1.54, 1.807) is 19.1 Å². The molecule has 0 aliphatic rings. The Kier molecular flexibility index (Phi) is 5.02. The van der Waals surface area contributed by atoms with Crippen LogP contribution < -0.4 is 10.1 Å². The van der Waals surface area contributed by atoms with Crippen LogP contribution in [0.2, 0.25) is 0 Å². The Balaban J connectivity index is 1.96. The maximum absolute atomic E-state index is 13.4. The average Bonchev–Trinajstić information content (AvgIpc) is 2.78. The summed E-state index contributed by atoms with van der Waals surface area (Å²) >= 11 is 0. The molecule has 1 aromatic carbocycles. The molecule has 2 aromatic rings. The van der Waals surface area contributed by atoms with Crippen molar-refractivity contribution in [2.24, 2.45) is 0 Å². The Morgan fingerprint density at radius 3 is 2.67 bits per heavy atom. The highest BCUT2D eigenvalue weighted by atomic mass is 19.1. The molecule has 0 spiro atoms. The summed E-state index contributed by atoms with van der Waals surface area (Å²) in [7, 11) is 0. The van der Waals surface area contributed by atoms with Gasteiger partial charge in [-0.1, -0.05) is 19.9 Å².